The van der Waals surface area contributed by atoms with Crippen molar-refractivity contribution >= 4 is 5.78 Å². The first-order valence-electron chi connectivity index (χ1n) is 7.66. The van der Waals surface area contributed by atoms with E-state index in [-0.39, 0.29) is 5.56 Å². The Kier molecular flexibility index (Phi) is 4.42. The predicted molar refractivity (Wildman–Crippen MR) is 84.1 cm³/mol. The summed E-state index contributed by atoms with van der Waals surface area (Å²) in [6.07, 6.45) is -2.86. The normalized spacial score (nSPS) is 44.1. The molecule has 0 aromatic heterocycles. The monoisotopic (exact) mass is 340 g/mol. The summed E-state index contributed by atoms with van der Waals surface area (Å²) in [6.45, 7) is 4.52. The highest BCUT2D eigenvalue weighted by Crippen LogP contribution is 2.49. The number of rotatable bonds is 3. The fraction of sp³-hybridized carbons (Fsp3) is 0.588. The molecule has 1 fully saturated rings. The first-order valence-corrected chi connectivity index (χ1v) is 7.66. The fourth-order valence-corrected chi connectivity index (χ4v) is 3.14. The number of carbonyl (C=O) groups is 1. The van der Waals surface area contributed by atoms with Gasteiger partial charge >= 0.3 is 0 Å². The highest BCUT2D eigenvalue weighted by molar-refractivity contribution is 6.02. The maximum absolute atomic E-state index is 12.8. The molecule has 1 aromatic rings. The van der Waals surface area contributed by atoms with E-state index >= 15 is 0 Å². The lowest BCUT2D eigenvalue weighted by molar-refractivity contribution is -0.414. The minimum atomic E-state index is -2.87. The van der Waals surface area contributed by atoms with Crippen molar-refractivity contribution in [2.75, 3.05) is 0 Å². The smallest absolute Gasteiger partial charge is 0.264 e. The third-order valence-electron chi connectivity index (χ3n) is 5.23. The van der Waals surface area contributed by atoms with Crippen molar-refractivity contribution in [2.24, 2.45) is 0 Å². The van der Waals surface area contributed by atoms with Crippen LogP contribution < -0.4 is 0 Å². The zero-order valence-electron chi connectivity index (χ0n) is 14.1. The van der Waals surface area contributed by atoms with Crippen LogP contribution in [0.25, 0.3) is 0 Å². The van der Waals surface area contributed by atoms with E-state index in [1.54, 1.807) is 18.2 Å². The number of Topliss-reactive ketones (excluding diaryl/α,β-unsaturated/α-hetero) is 1. The van der Waals surface area contributed by atoms with Crippen molar-refractivity contribution in [3.8, 4) is 0 Å². The topological polar surface area (TPSA) is 127 Å². The van der Waals surface area contributed by atoms with E-state index < -0.39 is 40.6 Å². The molecule has 24 heavy (non-hydrogen) atoms. The van der Waals surface area contributed by atoms with Gasteiger partial charge in [0.05, 0.1) is 6.10 Å². The van der Waals surface area contributed by atoms with Crippen LogP contribution in [-0.2, 0) is 4.74 Å². The van der Waals surface area contributed by atoms with Gasteiger partial charge in [-0.3, -0.25) is 4.79 Å². The highest BCUT2D eigenvalue weighted by Gasteiger charge is 2.74. The van der Waals surface area contributed by atoms with Crippen LogP contribution in [0.2, 0.25) is 0 Å². The number of hydrogen-bond donors (Lipinski definition) is 5. The summed E-state index contributed by atoms with van der Waals surface area (Å²) >= 11 is 0. The van der Waals surface area contributed by atoms with Crippen LogP contribution in [0, 0.1) is 0 Å². The van der Waals surface area contributed by atoms with Gasteiger partial charge in [-0.2, -0.15) is 0 Å². The zero-order chi connectivity index (χ0) is 18.6. The average Bonchev–Trinajstić information content (AvgIpc) is 2.50. The maximum Gasteiger partial charge on any atom is 0.264 e. The molecule has 1 aliphatic rings. The second-order valence-electron chi connectivity index (χ2n) is 6.91. The lowest BCUT2D eigenvalue weighted by atomic mass is 9.63. The van der Waals surface area contributed by atoms with Gasteiger partial charge in [0.25, 0.3) is 5.79 Å². The Morgan fingerprint density at radius 2 is 1.54 bits per heavy atom. The van der Waals surface area contributed by atoms with E-state index in [4.69, 9.17) is 4.74 Å². The molecule has 0 radical (unpaired) electrons. The molecule has 6 atom stereocenters. The van der Waals surface area contributed by atoms with Crippen LogP contribution in [0.4, 0.5) is 0 Å². The molecule has 0 amide bonds. The van der Waals surface area contributed by atoms with Crippen molar-refractivity contribution in [1.82, 2.24) is 0 Å². The van der Waals surface area contributed by atoms with Gasteiger partial charge in [-0.25, -0.2) is 0 Å². The molecule has 134 valence electrons. The molecule has 7 nitrogen and oxygen atoms in total. The molecule has 1 heterocycles. The van der Waals surface area contributed by atoms with Gasteiger partial charge in [0.2, 0.25) is 5.78 Å². The summed E-state index contributed by atoms with van der Waals surface area (Å²) in [4.78, 5) is 12.8. The lowest BCUT2D eigenvalue weighted by Crippen LogP contribution is -2.83. The summed E-state index contributed by atoms with van der Waals surface area (Å²) in [5.41, 5.74) is -7.05. The summed E-state index contributed by atoms with van der Waals surface area (Å²) in [5.74, 6) is -3.86. The van der Waals surface area contributed by atoms with E-state index in [2.05, 4.69) is 0 Å². The third kappa shape index (κ3) is 2.32. The molecule has 7 heteroatoms. The van der Waals surface area contributed by atoms with Gasteiger partial charge in [-0.05, 0) is 27.7 Å². The fourth-order valence-electron chi connectivity index (χ4n) is 3.14. The largest absolute Gasteiger partial charge is 0.391 e. The second-order valence-corrected chi connectivity index (χ2v) is 6.91. The SMILES string of the molecule is CC(O)[C@H]1O[C@@](O)(C(=O)c2ccccc2)[C@](C)(O)[C@@](C)(O)[C@@]1(C)O. The molecule has 2 rings (SSSR count). The van der Waals surface area contributed by atoms with E-state index in [1.807, 2.05) is 0 Å². The molecule has 1 unspecified atom stereocenters. The number of hydrogen-bond acceptors (Lipinski definition) is 7. The van der Waals surface area contributed by atoms with Crippen LogP contribution in [0.3, 0.4) is 0 Å². The molecular weight excluding hydrogens is 316 g/mol. The Morgan fingerprint density at radius 3 is 2.00 bits per heavy atom. The molecular formula is C17H24O7. The van der Waals surface area contributed by atoms with Gasteiger partial charge in [-0.15, -0.1) is 0 Å². The third-order valence-corrected chi connectivity index (χ3v) is 5.23. The minimum absolute atomic E-state index is 0.0435. The van der Waals surface area contributed by atoms with Gasteiger partial charge in [0, 0.05) is 5.56 Å². The average molecular weight is 340 g/mol. The van der Waals surface area contributed by atoms with Crippen molar-refractivity contribution in [3.63, 3.8) is 0 Å². The summed E-state index contributed by atoms with van der Waals surface area (Å²) in [7, 11) is 0. The molecule has 1 aliphatic heterocycles. The molecule has 1 aromatic carbocycles. The van der Waals surface area contributed by atoms with Crippen LogP contribution in [0.5, 0.6) is 0 Å². The molecule has 0 saturated carbocycles. The molecule has 1 saturated heterocycles. The number of aliphatic hydroxyl groups is 5. The summed E-state index contributed by atoms with van der Waals surface area (Å²) in [6, 6.07) is 7.63. The van der Waals surface area contributed by atoms with Crippen LogP contribution in [0.1, 0.15) is 38.1 Å². The van der Waals surface area contributed by atoms with Crippen LogP contribution in [0.15, 0.2) is 30.3 Å². The van der Waals surface area contributed by atoms with Crippen molar-refractivity contribution in [2.45, 2.75) is 62.5 Å². The summed E-state index contributed by atoms with van der Waals surface area (Å²) < 4.78 is 5.31. The first kappa shape index (κ1) is 19.0. The minimum Gasteiger partial charge on any atom is -0.391 e. The Hall–Kier alpha value is -1.35. The highest BCUT2D eigenvalue weighted by atomic mass is 16.7. The van der Waals surface area contributed by atoms with Crippen molar-refractivity contribution in [1.29, 1.82) is 0 Å². The van der Waals surface area contributed by atoms with E-state index in [0.717, 1.165) is 20.8 Å². The first-order chi connectivity index (χ1) is 10.8. The standard InChI is InChI=1S/C17H24O7/c1-10(18)13-14(2,20)15(3,21)16(4,22)17(23,24-13)12(19)11-8-6-5-7-9-11/h5-10,13,18,20-23H,1-4H3/t10?,13-,14+,15+,16-,17+/m1/s1. The Labute approximate surface area is 140 Å². The van der Waals surface area contributed by atoms with E-state index in [0.29, 0.717) is 0 Å². The van der Waals surface area contributed by atoms with Gasteiger partial charge < -0.3 is 30.3 Å². The quantitative estimate of drug-likeness (QED) is 0.473. The Morgan fingerprint density at radius 1 is 1.04 bits per heavy atom. The molecule has 5 N–H and O–H groups in total. The maximum atomic E-state index is 12.8. The Bertz CT molecular complexity index is 621. The number of benzene rings is 1. The number of ether oxygens (including phenoxy) is 1. The lowest BCUT2D eigenvalue weighted by Gasteiger charge is -2.60. The Balaban J connectivity index is 2.62. The van der Waals surface area contributed by atoms with Gasteiger partial charge in [-0.1, -0.05) is 30.3 Å². The predicted octanol–water partition coefficient (Wildman–Crippen LogP) is -0.409. The van der Waals surface area contributed by atoms with E-state index in [9.17, 15) is 30.3 Å². The summed E-state index contributed by atoms with van der Waals surface area (Å²) in [5, 5.41) is 53.0. The number of carbonyl (C=O) groups excluding carboxylic acids is 1. The van der Waals surface area contributed by atoms with Crippen molar-refractivity contribution in [3.05, 3.63) is 35.9 Å². The molecule has 0 aliphatic carbocycles. The van der Waals surface area contributed by atoms with Gasteiger partial charge in [0.15, 0.2) is 5.60 Å². The van der Waals surface area contributed by atoms with Gasteiger partial charge in [0.1, 0.15) is 17.3 Å². The van der Waals surface area contributed by atoms with Crippen molar-refractivity contribution < 1.29 is 35.1 Å². The number of ketones is 1. The molecule has 0 bridgehead atoms. The molecule has 0 spiro atoms. The second kappa shape index (κ2) is 5.59. The van der Waals surface area contributed by atoms with Crippen LogP contribution >= 0.6 is 0 Å². The zero-order valence-corrected chi connectivity index (χ0v) is 14.1. The van der Waals surface area contributed by atoms with E-state index in [1.165, 1.54) is 19.1 Å². The van der Waals surface area contributed by atoms with Crippen LogP contribution in [-0.4, -0.2) is 66.1 Å². The number of aliphatic hydroxyl groups excluding tert-OH is 1.